The van der Waals surface area contributed by atoms with Crippen LogP contribution in [0, 0.1) is 0 Å². The van der Waals surface area contributed by atoms with Crippen LogP contribution in [-0.4, -0.2) is 38.8 Å². The first-order chi connectivity index (χ1) is 10.2. The fourth-order valence-electron chi connectivity index (χ4n) is 2.95. The molecule has 0 aliphatic carbocycles. The van der Waals surface area contributed by atoms with Crippen LogP contribution in [0.15, 0.2) is 12.1 Å². The Morgan fingerprint density at radius 2 is 1.71 bits per heavy atom. The summed E-state index contributed by atoms with van der Waals surface area (Å²) in [5, 5.41) is 0. The normalized spacial score (nSPS) is 17.1. The Morgan fingerprint density at radius 1 is 1.10 bits per heavy atom. The van der Waals surface area contributed by atoms with E-state index in [0.717, 1.165) is 31.1 Å². The maximum absolute atomic E-state index is 5.99. The summed E-state index contributed by atoms with van der Waals surface area (Å²) in [6, 6.07) is 4.11. The molecule has 4 nitrogen and oxygen atoms in total. The maximum atomic E-state index is 5.99. The van der Waals surface area contributed by atoms with Crippen LogP contribution >= 0.6 is 0 Å². The molecule has 1 aromatic rings. The van der Waals surface area contributed by atoms with Gasteiger partial charge in [-0.05, 0) is 49.2 Å². The van der Waals surface area contributed by atoms with E-state index in [-0.39, 0.29) is 6.10 Å². The van der Waals surface area contributed by atoms with Crippen molar-refractivity contribution in [2.45, 2.75) is 39.4 Å². The van der Waals surface area contributed by atoms with Crippen LogP contribution in [0.5, 0.6) is 11.5 Å². The van der Waals surface area contributed by atoms with Crippen LogP contribution in [0.3, 0.4) is 0 Å². The molecule has 1 heterocycles. The maximum Gasteiger partial charge on any atom is 0.161 e. The van der Waals surface area contributed by atoms with Gasteiger partial charge in [0, 0.05) is 6.54 Å². The highest BCUT2D eigenvalue weighted by Crippen LogP contribution is 2.39. The molecule has 0 amide bonds. The molecule has 2 rings (SSSR count). The van der Waals surface area contributed by atoms with Gasteiger partial charge < -0.3 is 19.1 Å². The van der Waals surface area contributed by atoms with E-state index in [1.165, 1.54) is 24.0 Å². The summed E-state index contributed by atoms with van der Waals surface area (Å²) in [7, 11) is 3.34. The second kappa shape index (κ2) is 7.66. The number of hydrogen-bond donors (Lipinski definition) is 0. The average Bonchev–Trinajstić information content (AvgIpc) is 2.88. The molecular weight excluding hydrogens is 266 g/mol. The average molecular weight is 293 g/mol. The van der Waals surface area contributed by atoms with E-state index in [0.29, 0.717) is 6.61 Å². The van der Waals surface area contributed by atoms with Crippen molar-refractivity contribution >= 4 is 0 Å². The predicted molar refractivity (Wildman–Crippen MR) is 84.1 cm³/mol. The van der Waals surface area contributed by atoms with E-state index >= 15 is 0 Å². The highest BCUT2D eigenvalue weighted by Gasteiger charge is 2.27. The molecule has 1 aromatic carbocycles. The zero-order valence-corrected chi connectivity index (χ0v) is 13.6. The third kappa shape index (κ3) is 3.69. The number of benzene rings is 1. The van der Waals surface area contributed by atoms with Gasteiger partial charge in [-0.25, -0.2) is 0 Å². The molecule has 0 saturated heterocycles. The molecule has 0 spiro atoms. The van der Waals surface area contributed by atoms with Gasteiger partial charge in [0.05, 0.1) is 26.9 Å². The van der Waals surface area contributed by atoms with Crippen LogP contribution in [0.1, 0.15) is 43.9 Å². The van der Waals surface area contributed by atoms with Gasteiger partial charge in [-0.1, -0.05) is 13.8 Å². The molecule has 0 N–H and O–H groups in total. The molecule has 0 aromatic heterocycles. The van der Waals surface area contributed by atoms with Gasteiger partial charge in [0.25, 0.3) is 0 Å². The van der Waals surface area contributed by atoms with Crippen molar-refractivity contribution in [2.75, 3.05) is 33.9 Å². The summed E-state index contributed by atoms with van der Waals surface area (Å²) < 4.78 is 16.8. The first-order valence-corrected chi connectivity index (χ1v) is 7.82. The van der Waals surface area contributed by atoms with Crippen molar-refractivity contribution in [3.05, 3.63) is 23.3 Å². The topological polar surface area (TPSA) is 30.9 Å². The quantitative estimate of drug-likeness (QED) is 0.735. The van der Waals surface area contributed by atoms with E-state index in [2.05, 4.69) is 24.8 Å². The van der Waals surface area contributed by atoms with Crippen molar-refractivity contribution in [2.24, 2.45) is 0 Å². The monoisotopic (exact) mass is 293 g/mol. The number of rotatable bonds is 8. The van der Waals surface area contributed by atoms with Crippen molar-refractivity contribution in [1.82, 2.24) is 4.90 Å². The molecular formula is C17H27NO3. The van der Waals surface area contributed by atoms with Crippen molar-refractivity contribution in [1.29, 1.82) is 0 Å². The van der Waals surface area contributed by atoms with Gasteiger partial charge >= 0.3 is 0 Å². The largest absolute Gasteiger partial charge is 0.493 e. The first kappa shape index (κ1) is 16.1. The van der Waals surface area contributed by atoms with Crippen molar-refractivity contribution in [3.63, 3.8) is 0 Å². The lowest BCUT2D eigenvalue weighted by atomic mass is 10.0. The minimum atomic E-state index is 0.137. The molecule has 1 aliphatic heterocycles. The van der Waals surface area contributed by atoms with Crippen LogP contribution in [0.2, 0.25) is 0 Å². The minimum Gasteiger partial charge on any atom is -0.493 e. The van der Waals surface area contributed by atoms with Crippen molar-refractivity contribution in [3.8, 4) is 11.5 Å². The van der Waals surface area contributed by atoms with Crippen molar-refractivity contribution < 1.29 is 14.2 Å². The molecule has 0 radical (unpaired) electrons. The van der Waals surface area contributed by atoms with Gasteiger partial charge in [-0.3, -0.25) is 0 Å². The predicted octanol–water partition coefficient (Wildman–Crippen LogP) is 3.40. The van der Waals surface area contributed by atoms with Crippen LogP contribution in [0.25, 0.3) is 0 Å². The summed E-state index contributed by atoms with van der Waals surface area (Å²) in [5.74, 6) is 1.56. The highest BCUT2D eigenvalue weighted by molar-refractivity contribution is 5.49. The second-order valence-corrected chi connectivity index (χ2v) is 5.51. The van der Waals surface area contributed by atoms with Gasteiger partial charge in [0.1, 0.15) is 0 Å². The van der Waals surface area contributed by atoms with Gasteiger partial charge in [-0.15, -0.1) is 0 Å². The first-order valence-electron chi connectivity index (χ1n) is 7.82. The molecule has 0 fully saturated rings. The Kier molecular flexibility index (Phi) is 5.88. The van der Waals surface area contributed by atoms with E-state index in [9.17, 15) is 0 Å². The number of ether oxygens (including phenoxy) is 3. The Balaban J connectivity index is 2.16. The SMILES string of the molecule is CCCN(CCC)CC1OCc2cc(OC)c(OC)cc21. The lowest BCUT2D eigenvalue weighted by Gasteiger charge is -2.24. The van der Waals surface area contributed by atoms with Crippen LogP contribution in [0.4, 0.5) is 0 Å². The lowest BCUT2D eigenvalue weighted by Crippen LogP contribution is -2.30. The van der Waals surface area contributed by atoms with E-state index in [1.54, 1.807) is 14.2 Å². The zero-order chi connectivity index (χ0) is 15.2. The van der Waals surface area contributed by atoms with E-state index in [4.69, 9.17) is 14.2 Å². The number of methoxy groups -OCH3 is 2. The molecule has 21 heavy (non-hydrogen) atoms. The molecule has 4 heteroatoms. The third-order valence-electron chi connectivity index (χ3n) is 3.94. The summed E-state index contributed by atoms with van der Waals surface area (Å²) >= 11 is 0. The number of hydrogen-bond acceptors (Lipinski definition) is 4. The minimum absolute atomic E-state index is 0.137. The van der Waals surface area contributed by atoms with Crippen LogP contribution < -0.4 is 9.47 Å². The van der Waals surface area contributed by atoms with Gasteiger partial charge in [-0.2, -0.15) is 0 Å². The Morgan fingerprint density at radius 3 is 2.29 bits per heavy atom. The summed E-state index contributed by atoms with van der Waals surface area (Å²) in [5.41, 5.74) is 2.45. The molecule has 1 unspecified atom stereocenters. The van der Waals surface area contributed by atoms with Gasteiger partial charge in [0.15, 0.2) is 11.5 Å². The van der Waals surface area contributed by atoms with Gasteiger partial charge in [0.2, 0.25) is 0 Å². The molecule has 1 aliphatic rings. The standard InChI is InChI=1S/C17H27NO3/c1-5-7-18(8-6-2)11-17-14-10-16(20-4)15(19-3)9-13(14)12-21-17/h9-10,17H,5-8,11-12H2,1-4H3. The Bertz CT molecular complexity index is 456. The highest BCUT2D eigenvalue weighted by atomic mass is 16.5. The number of nitrogens with zero attached hydrogens (tertiary/aromatic N) is 1. The summed E-state index contributed by atoms with van der Waals surface area (Å²) in [6.07, 6.45) is 2.48. The summed E-state index contributed by atoms with van der Waals surface area (Å²) in [6.45, 7) is 8.29. The lowest BCUT2D eigenvalue weighted by molar-refractivity contribution is 0.0364. The second-order valence-electron chi connectivity index (χ2n) is 5.51. The number of fused-ring (bicyclic) bond motifs is 1. The Hall–Kier alpha value is -1.26. The third-order valence-corrected chi connectivity index (χ3v) is 3.94. The fourth-order valence-corrected chi connectivity index (χ4v) is 2.95. The fraction of sp³-hybridized carbons (Fsp3) is 0.647. The molecule has 0 saturated carbocycles. The molecule has 1 atom stereocenters. The zero-order valence-electron chi connectivity index (χ0n) is 13.6. The molecule has 118 valence electrons. The Labute approximate surface area is 128 Å². The summed E-state index contributed by atoms with van der Waals surface area (Å²) in [4.78, 5) is 2.48. The van der Waals surface area contributed by atoms with Crippen LogP contribution in [-0.2, 0) is 11.3 Å². The van der Waals surface area contributed by atoms with E-state index in [1.807, 2.05) is 6.07 Å². The smallest absolute Gasteiger partial charge is 0.161 e. The molecule has 0 bridgehead atoms. The van der Waals surface area contributed by atoms with E-state index < -0.39 is 0 Å².